The van der Waals surface area contributed by atoms with Crippen LogP contribution in [0.5, 0.6) is 0 Å². The van der Waals surface area contributed by atoms with Gasteiger partial charge in [0.25, 0.3) is 11.8 Å². The summed E-state index contributed by atoms with van der Waals surface area (Å²) in [6, 6.07) is 15.6. The Kier molecular flexibility index (Phi) is 28.0. The van der Waals surface area contributed by atoms with E-state index < -0.39 is 11.1 Å². The third-order valence-electron chi connectivity index (χ3n) is 24.0. The molecule has 8 N–H and O–H groups in total. The normalized spacial score (nSPS) is 19.6. The molecule has 34 nitrogen and oxygen atoms in total. The number of hydrogen-bond acceptors (Lipinski definition) is 26. The smallest absolute Gasteiger partial charge is 0.325 e. The lowest BCUT2D eigenvalue weighted by Crippen LogP contribution is -2.55. The highest BCUT2D eigenvalue weighted by Gasteiger charge is 2.55. The molecule has 8 aromatic rings. The van der Waals surface area contributed by atoms with Gasteiger partial charge in [-0.3, -0.25) is 78.1 Å². The van der Waals surface area contributed by atoms with Crippen LogP contribution in [0.15, 0.2) is 98.1 Å². The van der Waals surface area contributed by atoms with Crippen LogP contribution in [0.2, 0.25) is 0 Å². The Morgan fingerprint density at radius 2 is 0.590 bits per heavy atom. The predicted octanol–water partition coefficient (Wildman–Crippen LogP) is 10.8. The molecule has 16 heterocycles. The van der Waals surface area contributed by atoms with Crippen molar-refractivity contribution in [3.05, 3.63) is 163 Å². The first-order valence-electron chi connectivity index (χ1n) is 41.2. The average Bonchev–Trinajstić information content (AvgIpc) is 1.60. The van der Waals surface area contributed by atoms with Crippen molar-refractivity contribution in [3.63, 3.8) is 0 Å². The Morgan fingerprint density at radius 3 is 0.828 bits per heavy atom. The zero-order chi connectivity index (χ0) is 87.0. The molecule has 8 aromatic heterocycles. The maximum atomic E-state index is 13.2. The predicted molar refractivity (Wildman–Crippen MR) is 465 cm³/mol. The molecule has 4 spiro atoms. The summed E-state index contributed by atoms with van der Waals surface area (Å²) in [7, 11) is 0. The van der Waals surface area contributed by atoms with Gasteiger partial charge in [0, 0.05) is 222 Å². The lowest BCUT2D eigenvalue weighted by Gasteiger charge is -2.41. The summed E-state index contributed by atoms with van der Waals surface area (Å²) in [4.78, 5) is 176. The van der Waals surface area contributed by atoms with E-state index in [-0.39, 0.29) is 108 Å². The Hall–Kier alpha value is -10.7. The van der Waals surface area contributed by atoms with Crippen LogP contribution in [-0.4, -0.2) is 226 Å². The molecule has 8 aliphatic rings. The number of rotatable bonds is 20. The molecule has 14 amide bonds. The highest BCUT2D eigenvalue weighted by Crippen LogP contribution is 2.41. The fourth-order valence-electron chi connectivity index (χ4n) is 16.6. The highest BCUT2D eigenvalue weighted by molar-refractivity contribution is 7.16. The van der Waals surface area contributed by atoms with Crippen molar-refractivity contribution >= 4 is 125 Å². The number of carbonyl (C=O) groups is 10. The second-order valence-corrected chi connectivity index (χ2v) is 37.3. The topological polar surface area (TPSA) is 396 Å². The first-order chi connectivity index (χ1) is 58.2. The number of hydrogen-bond donors (Lipinski definition) is 8. The van der Waals surface area contributed by atoms with Crippen LogP contribution in [0.25, 0.3) is 0 Å². The molecule has 0 aliphatic carbocycles. The molecule has 16 rings (SSSR count). The molecular formula is C84H108N24O10S4. The minimum absolute atomic E-state index is 0.0134. The van der Waals surface area contributed by atoms with Crippen LogP contribution < -0.4 is 42.5 Å². The second kappa shape index (κ2) is 38.4. The molecule has 0 unspecified atom stereocenters. The van der Waals surface area contributed by atoms with E-state index in [0.29, 0.717) is 85.5 Å². The van der Waals surface area contributed by atoms with Gasteiger partial charge < -0.3 is 52.3 Å². The number of pyridine rings is 4. The molecular weight excluding hydrogens is 1630 g/mol. The summed E-state index contributed by atoms with van der Waals surface area (Å²) >= 11 is 5.95. The van der Waals surface area contributed by atoms with Gasteiger partial charge in [-0.05, 0) is 153 Å². The number of nitrogens with one attached hydrogen (secondary N) is 8. The van der Waals surface area contributed by atoms with E-state index >= 15 is 0 Å². The molecule has 8 fully saturated rings. The van der Waals surface area contributed by atoms with Gasteiger partial charge in [0.1, 0.15) is 11.1 Å². The number of thiazole rings is 4. The fraction of sp³-hybridized carbons (Fsp3) is 0.500. The second-order valence-electron chi connectivity index (χ2n) is 33.0. The molecule has 0 aromatic carbocycles. The molecule has 38 heteroatoms. The summed E-state index contributed by atoms with van der Waals surface area (Å²) in [6.07, 6.45) is 20.3. The van der Waals surface area contributed by atoms with Gasteiger partial charge in [-0.1, -0.05) is 24.3 Å². The monoisotopic (exact) mass is 1740 g/mol. The summed E-state index contributed by atoms with van der Waals surface area (Å²) in [5, 5.41) is 25.8. The van der Waals surface area contributed by atoms with Crippen molar-refractivity contribution in [2.75, 3.05) is 86.7 Å². The number of nitrogens with zero attached hydrogens (tertiary/aromatic N) is 16. The highest BCUT2D eigenvalue weighted by atomic mass is 32.1. The number of imide groups is 2. The zero-order valence-corrected chi connectivity index (χ0v) is 74.2. The summed E-state index contributed by atoms with van der Waals surface area (Å²) in [5.41, 5.74) is 5.54. The SMILES string of the molecule is CC(=O)Nc1ncc([C@@H](C)N2CCC3(CC2)CN(Cc2ccc(C)nc2)C(=O)N3)s1.CC(=O)Nc1ncc([C@@H](C)N2CCC3(CC2)NC(=O)N(Cc2ccc(C)nc2)C3=O)s1.CC(=O)Nc1ncc([C@H](C)N2CCC3(CC2)CN(Cc2ccc(C)nc2)C(=O)N3)s1.CC(=O)Nc1ncc([C@H](C)N2CCC3(CC2)NC(=O)N(Cc2ccc(C)nc2)C3=O)s1. The van der Waals surface area contributed by atoms with Gasteiger partial charge in [-0.25, -0.2) is 39.1 Å². The van der Waals surface area contributed by atoms with Gasteiger partial charge in [-0.15, -0.1) is 45.3 Å². The minimum Gasteiger partial charge on any atom is -0.331 e. The quantitative estimate of drug-likeness (QED) is 0.0329. The Morgan fingerprint density at radius 1 is 0.344 bits per heavy atom. The Labute approximate surface area is 725 Å². The van der Waals surface area contributed by atoms with Crippen LogP contribution in [0.4, 0.5) is 39.7 Å². The van der Waals surface area contributed by atoms with Crippen molar-refractivity contribution in [1.29, 1.82) is 0 Å². The first-order valence-corrected chi connectivity index (χ1v) is 44.5. The lowest BCUT2D eigenvalue weighted by molar-refractivity contribution is -0.134. The van der Waals surface area contributed by atoms with E-state index in [1.165, 1.54) is 82.8 Å². The fourth-order valence-corrected chi connectivity index (χ4v) is 20.4. The number of aromatic nitrogens is 8. The minimum atomic E-state index is -0.833. The van der Waals surface area contributed by atoms with Crippen LogP contribution >= 0.6 is 45.3 Å². The summed E-state index contributed by atoms with van der Waals surface area (Å²) in [6.45, 7) is 31.6. The maximum absolute atomic E-state index is 13.2. The molecule has 0 radical (unpaired) electrons. The van der Waals surface area contributed by atoms with Crippen LogP contribution in [0.3, 0.4) is 0 Å². The number of likely N-dealkylation sites (tertiary alicyclic amines) is 4. The zero-order valence-electron chi connectivity index (χ0n) is 71.0. The van der Waals surface area contributed by atoms with Crippen molar-refractivity contribution in [1.82, 2.24) is 100 Å². The van der Waals surface area contributed by atoms with Crippen LogP contribution in [0, 0.1) is 27.7 Å². The van der Waals surface area contributed by atoms with E-state index in [1.54, 1.807) is 24.8 Å². The molecule has 8 aliphatic heterocycles. The van der Waals surface area contributed by atoms with Gasteiger partial charge in [0.15, 0.2) is 20.5 Å². The number of aryl methyl sites for hydroxylation is 4. The largest absolute Gasteiger partial charge is 0.331 e. The van der Waals surface area contributed by atoms with Crippen molar-refractivity contribution in [2.24, 2.45) is 0 Å². The number of carbonyl (C=O) groups excluding carboxylic acids is 10. The number of piperidine rings is 4. The summed E-state index contributed by atoms with van der Waals surface area (Å²) in [5.74, 6) is -0.810. The van der Waals surface area contributed by atoms with Crippen molar-refractivity contribution in [3.8, 4) is 0 Å². The summed E-state index contributed by atoms with van der Waals surface area (Å²) < 4.78 is 0. The van der Waals surface area contributed by atoms with Crippen molar-refractivity contribution < 1.29 is 47.9 Å². The Balaban J connectivity index is 0.000000140. The van der Waals surface area contributed by atoms with Crippen LogP contribution in [0.1, 0.15) is 195 Å². The molecule has 648 valence electrons. The molecule has 122 heavy (non-hydrogen) atoms. The van der Waals surface area contributed by atoms with E-state index in [9.17, 15) is 47.9 Å². The van der Waals surface area contributed by atoms with Gasteiger partial charge >= 0.3 is 24.1 Å². The van der Waals surface area contributed by atoms with E-state index in [0.717, 1.165) is 129 Å². The van der Waals surface area contributed by atoms with E-state index in [2.05, 4.69) is 130 Å². The Bertz CT molecular complexity index is 4770. The lowest BCUT2D eigenvalue weighted by atomic mass is 9.87. The average molecular weight is 1740 g/mol. The number of anilines is 4. The first kappa shape index (κ1) is 89.0. The van der Waals surface area contributed by atoms with Gasteiger partial charge in [0.2, 0.25) is 23.6 Å². The van der Waals surface area contributed by atoms with E-state index in [1.807, 2.05) is 111 Å². The van der Waals surface area contributed by atoms with Crippen molar-refractivity contribution in [2.45, 2.75) is 207 Å². The van der Waals surface area contributed by atoms with Gasteiger partial charge in [-0.2, -0.15) is 0 Å². The third-order valence-corrected chi connectivity index (χ3v) is 28.3. The molecule has 0 saturated carbocycles. The number of amides is 14. The van der Waals surface area contributed by atoms with Crippen LogP contribution in [-0.2, 0) is 54.9 Å². The standard InChI is InChI=1S/2C21H26N6O3S.2C21H28N6O2S/c2*1-13-4-5-16(10-22-13)12-27-18(29)21(25-20(27)30)6-8-26(9-7-21)14(2)17-11-23-19(31-17)24-15(3)28;2*1-14-4-5-17(10-22-14)12-27-13-21(25-20(27)29)6-8-26(9-7-21)15(2)18-11-23-19(30-18)24-16(3)28/h2*4-5,10-11,14H,6-9,12H2,1-3H3,(H,25,30)(H,23,24,28);2*4-5,10-11,15H,6-9,12-13H2,1-3H3,(H,25,29)(H,23,24,28)/t2*14-;2*15-/m1010/s1. The molecule has 8 saturated heterocycles. The third kappa shape index (κ3) is 21.6. The number of urea groups is 4. The molecule has 0 bridgehead atoms. The van der Waals surface area contributed by atoms with Gasteiger partial charge in [0.05, 0.1) is 24.2 Å². The molecule has 4 atom stereocenters. The van der Waals surface area contributed by atoms with E-state index in [4.69, 9.17) is 0 Å². The maximum Gasteiger partial charge on any atom is 0.325 e.